The van der Waals surface area contributed by atoms with Gasteiger partial charge in [-0.3, -0.25) is 52.7 Å². The van der Waals surface area contributed by atoms with Crippen LogP contribution in [0.25, 0.3) is 0 Å². The fourth-order valence-corrected chi connectivity index (χ4v) is 6.12. The Morgan fingerprint density at radius 1 is 0.707 bits per heavy atom. The Morgan fingerprint density at radius 3 is 1.78 bits per heavy atom. The molecule has 2 rings (SSSR count). The number of carbonyl (C=O) groups excluding carboxylic acids is 10. The van der Waals surface area contributed by atoms with E-state index in [1.807, 2.05) is 0 Å². The highest BCUT2D eigenvalue weighted by Crippen LogP contribution is 2.19. The molecule has 2 fully saturated rings. The molecule has 0 radical (unpaired) electrons. The van der Waals surface area contributed by atoms with E-state index in [9.17, 15) is 68.1 Å². The summed E-state index contributed by atoms with van der Waals surface area (Å²) >= 11 is 0. The molecule has 0 spiro atoms. The molecule has 0 unspecified atom stereocenters. The average Bonchev–Trinajstić information content (AvgIpc) is 3.64. The molecule has 324 valence electrons. The van der Waals surface area contributed by atoms with Gasteiger partial charge in [-0.25, -0.2) is 0 Å². The molecule has 24 heteroatoms. The molecule has 10 atom stereocenters. The van der Waals surface area contributed by atoms with Gasteiger partial charge in [-0.1, -0.05) is 20.3 Å². The van der Waals surface area contributed by atoms with Crippen LogP contribution in [-0.4, -0.2) is 153 Å². The van der Waals surface area contributed by atoms with Gasteiger partial charge in [0.25, 0.3) is 0 Å². The van der Waals surface area contributed by atoms with Crippen molar-refractivity contribution in [2.75, 3.05) is 13.2 Å². The first kappa shape index (κ1) is 48.2. The van der Waals surface area contributed by atoms with E-state index in [2.05, 4.69) is 37.2 Å². The van der Waals surface area contributed by atoms with Crippen LogP contribution in [0.2, 0.25) is 0 Å². The summed E-state index contributed by atoms with van der Waals surface area (Å²) in [5, 5.41) is 46.2. The Hall–Kier alpha value is -5.91. The summed E-state index contributed by atoms with van der Waals surface area (Å²) in [6.45, 7) is 4.34. The Bertz CT molecular complexity index is 1610. The van der Waals surface area contributed by atoms with Crippen molar-refractivity contribution in [1.82, 2.24) is 42.1 Å². The zero-order valence-electron chi connectivity index (χ0n) is 32.6. The van der Waals surface area contributed by atoms with Crippen LogP contribution < -0.4 is 48.7 Å². The zero-order chi connectivity index (χ0) is 44.0. The predicted molar refractivity (Wildman–Crippen MR) is 197 cm³/mol. The summed E-state index contributed by atoms with van der Waals surface area (Å²) in [4.78, 5) is 144. The molecule has 58 heavy (non-hydrogen) atoms. The van der Waals surface area contributed by atoms with E-state index in [0.29, 0.717) is 0 Å². The summed E-state index contributed by atoms with van der Waals surface area (Å²) < 4.78 is 0. The molecule has 2 saturated heterocycles. The number of nitrogens with two attached hydrogens (primary N) is 2. The zero-order valence-corrected chi connectivity index (χ0v) is 32.6. The van der Waals surface area contributed by atoms with Gasteiger partial charge in [0.2, 0.25) is 59.1 Å². The van der Waals surface area contributed by atoms with Crippen molar-refractivity contribution < 1.29 is 68.1 Å². The summed E-state index contributed by atoms with van der Waals surface area (Å²) in [6, 6.07) is -13.1. The van der Waals surface area contributed by atoms with Gasteiger partial charge in [-0.15, -0.1) is 0 Å². The van der Waals surface area contributed by atoms with E-state index in [-0.39, 0.29) is 25.8 Å². The number of rotatable bonds is 11. The van der Waals surface area contributed by atoms with Crippen molar-refractivity contribution in [1.29, 1.82) is 0 Å². The van der Waals surface area contributed by atoms with Crippen molar-refractivity contribution in [3.05, 3.63) is 0 Å². The van der Waals surface area contributed by atoms with E-state index in [1.54, 1.807) is 6.92 Å². The van der Waals surface area contributed by atoms with E-state index in [1.165, 1.54) is 13.8 Å². The lowest BCUT2D eigenvalue weighted by Gasteiger charge is -2.31. The number of fused-ring (bicyclic) bond motifs is 1. The van der Waals surface area contributed by atoms with Crippen LogP contribution >= 0.6 is 0 Å². The highest BCUT2D eigenvalue weighted by molar-refractivity contribution is 6.00. The first-order valence-corrected chi connectivity index (χ1v) is 18.6. The molecule has 0 aromatic carbocycles. The second-order valence-electron chi connectivity index (χ2n) is 14.2. The summed E-state index contributed by atoms with van der Waals surface area (Å²) in [5.74, 6) is -12.8. The Labute approximate surface area is 332 Å². The van der Waals surface area contributed by atoms with Crippen LogP contribution in [-0.2, 0) is 52.7 Å². The molecular weight excluding hydrogens is 772 g/mol. The summed E-state index contributed by atoms with van der Waals surface area (Å²) in [5.41, 5.74) is 10.6. The Morgan fingerprint density at radius 2 is 1.22 bits per heavy atom. The molecule has 0 aliphatic carbocycles. The van der Waals surface area contributed by atoms with E-state index >= 15 is 0 Å². The number of carbonyl (C=O) groups is 11. The van der Waals surface area contributed by atoms with E-state index in [0.717, 1.165) is 11.8 Å². The number of hydrogen-bond acceptors (Lipinski definition) is 13. The van der Waals surface area contributed by atoms with Crippen molar-refractivity contribution in [2.24, 2.45) is 17.4 Å². The van der Waals surface area contributed by atoms with Crippen LogP contribution in [0.3, 0.4) is 0 Å². The Balaban J connectivity index is 2.67. The van der Waals surface area contributed by atoms with Gasteiger partial charge < -0.3 is 68.9 Å². The van der Waals surface area contributed by atoms with Gasteiger partial charge in [0.05, 0.1) is 25.6 Å². The molecule has 2 aliphatic heterocycles. The standard InChI is InChI=1S/C34H54N10O14/c1-5-14(2)25-32(56)40-19(12-24(49)50)30(54)41-20(13-45)34(58)44-10-6-7-21(44)31(55)39-18(11-23(36)48)29(53)37-15(3)27(51)43-26(16(4)46)33(57)38-17(28(52)42-25)8-9-22(35)47/h14-21,25-26,45-46H,5-13H2,1-4H3,(H2,35,47)(H2,36,48)(H,37,53)(H,38,57)(H,39,55)(H,40,56)(H,41,54)(H,42,52)(H,43,51)(H,49,50)/t14-,15-,16+,17-,18-,19-,20-,21-,25-,26-/m0/s1. The first-order chi connectivity index (χ1) is 27.1. The van der Waals surface area contributed by atoms with Crippen molar-refractivity contribution in [2.45, 2.75) is 127 Å². The van der Waals surface area contributed by atoms with Crippen LogP contribution in [0, 0.1) is 5.92 Å². The fourth-order valence-electron chi connectivity index (χ4n) is 6.12. The number of aliphatic carboxylic acids is 1. The second kappa shape index (κ2) is 22.1. The van der Waals surface area contributed by atoms with Crippen LogP contribution in [0.15, 0.2) is 0 Å². The monoisotopic (exact) mass is 826 g/mol. The maximum absolute atomic E-state index is 13.7. The van der Waals surface area contributed by atoms with Crippen molar-refractivity contribution in [3.8, 4) is 0 Å². The van der Waals surface area contributed by atoms with Crippen LogP contribution in [0.4, 0.5) is 0 Å². The third-order valence-corrected chi connectivity index (χ3v) is 9.61. The molecule has 0 saturated carbocycles. The SMILES string of the molecule is CC[C@H](C)[C@@H]1NC(=O)[C@H](CCC(N)=O)NC(=O)[C@H]([C@@H](C)O)NC(=O)[C@H](C)NC(=O)[C@H](CC(N)=O)NC(=O)[C@@H]2CCCN2C(=O)[C@H](CO)NC(=O)[C@H](CC(=O)O)NC1=O. The lowest BCUT2D eigenvalue weighted by molar-refractivity contribution is -0.144. The first-order valence-electron chi connectivity index (χ1n) is 18.6. The highest BCUT2D eigenvalue weighted by atomic mass is 16.4. The number of amides is 10. The second-order valence-corrected chi connectivity index (χ2v) is 14.2. The van der Waals surface area contributed by atoms with Gasteiger partial charge in [0.1, 0.15) is 48.3 Å². The number of hydrogen-bond donors (Lipinski definition) is 12. The van der Waals surface area contributed by atoms with Gasteiger partial charge >= 0.3 is 5.97 Å². The molecule has 2 aliphatic rings. The van der Waals surface area contributed by atoms with E-state index in [4.69, 9.17) is 11.5 Å². The van der Waals surface area contributed by atoms with Crippen LogP contribution in [0.5, 0.6) is 0 Å². The number of primary amides is 2. The van der Waals surface area contributed by atoms with Gasteiger partial charge in [-0.2, -0.15) is 0 Å². The number of carboxylic acids is 1. The molecule has 0 aromatic heterocycles. The third-order valence-electron chi connectivity index (χ3n) is 9.61. The maximum Gasteiger partial charge on any atom is 0.305 e. The Kier molecular flexibility index (Phi) is 18.4. The van der Waals surface area contributed by atoms with Gasteiger partial charge in [-0.05, 0) is 39.0 Å². The minimum atomic E-state index is -1.89. The van der Waals surface area contributed by atoms with Crippen molar-refractivity contribution >= 4 is 65.0 Å². The molecule has 14 N–H and O–H groups in total. The molecule has 10 amide bonds. The largest absolute Gasteiger partial charge is 0.481 e. The van der Waals surface area contributed by atoms with E-state index < -0.39 is 158 Å². The molecule has 24 nitrogen and oxygen atoms in total. The number of aliphatic hydroxyl groups is 2. The quantitative estimate of drug-likeness (QED) is 0.0922. The number of aliphatic hydroxyl groups excluding tert-OH is 2. The maximum atomic E-state index is 13.7. The normalized spacial score (nSPS) is 28.5. The van der Waals surface area contributed by atoms with Crippen molar-refractivity contribution in [3.63, 3.8) is 0 Å². The number of nitrogens with one attached hydrogen (secondary N) is 7. The highest BCUT2D eigenvalue weighted by Gasteiger charge is 2.41. The minimum Gasteiger partial charge on any atom is -0.481 e. The third kappa shape index (κ3) is 13.9. The lowest BCUT2D eigenvalue weighted by atomic mass is 9.96. The smallest absolute Gasteiger partial charge is 0.305 e. The average molecular weight is 827 g/mol. The predicted octanol–water partition coefficient (Wildman–Crippen LogP) is -6.56. The molecule has 0 bridgehead atoms. The van der Waals surface area contributed by atoms with Gasteiger partial charge in [0, 0.05) is 13.0 Å². The molecule has 2 heterocycles. The van der Waals surface area contributed by atoms with Gasteiger partial charge in [0.15, 0.2) is 0 Å². The fraction of sp³-hybridized carbons (Fsp3) is 0.676. The number of nitrogens with zero attached hydrogens (tertiary/aromatic N) is 1. The topological polar surface area (TPSA) is 388 Å². The minimum absolute atomic E-state index is 0.0278. The lowest BCUT2D eigenvalue weighted by Crippen LogP contribution is -2.63. The van der Waals surface area contributed by atoms with Crippen LogP contribution in [0.1, 0.15) is 72.6 Å². The number of carboxylic acid groups (broad SMARTS) is 1. The molecule has 0 aromatic rings. The summed E-state index contributed by atoms with van der Waals surface area (Å²) in [7, 11) is 0. The summed E-state index contributed by atoms with van der Waals surface area (Å²) in [6.07, 6.45) is -3.87. The molecular formula is C34H54N10O14.